The summed E-state index contributed by atoms with van der Waals surface area (Å²) in [4.78, 5) is 3.92. The largest absolute Gasteiger partial charge is 0.454 e. The summed E-state index contributed by atoms with van der Waals surface area (Å²) in [7, 11) is 0. The highest BCUT2D eigenvalue weighted by Crippen LogP contribution is 2.35. The fourth-order valence-electron chi connectivity index (χ4n) is 1.82. The van der Waals surface area contributed by atoms with Gasteiger partial charge in [0, 0.05) is 12.4 Å². The molecule has 2 heterocycles. The van der Waals surface area contributed by atoms with Crippen molar-refractivity contribution in [2.45, 2.75) is 6.10 Å². The lowest BCUT2D eigenvalue weighted by Crippen LogP contribution is -1.99. The minimum Gasteiger partial charge on any atom is -0.454 e. The molecule has 1 aliphatic heterocycles. The molecule has 2 aromatic rings. The average Bonchev–Trinajstić information content (AvgIpc) is 2.86. The van der Waals surface area contributed by atoms with Gasteiger partial charge in [-0.15, -0.1) is 0 Å². The minimum atomic E-state index is -0.674. The van der Waals surface area contributed by atoms with Gasteiger partial charge in [-0.05, 0) is 35.4 Å². The van der Waals surface area contributed by atoms with Crippen molar-refractivity contribution in [2.24, 2.45) is 0 Å². The van der Waals surface area contributed by atoms with E-state index in [1.54, 1.807) is 30.6 Å². The van der Waals surface area contributed by atoms with Crippen LogP contribution in [0.2, 0.25) is 0 Å². The maximum Gasteiger partial charge on any atom is 0.231 e. The lowest BCUT2D eigenvalue weighted by atomic mass is 10.0. The van der Waals surface area contributed by atoms with Gasteiger partial charge in [0.1, 0.15) is 6.10 Å². The van der Waals surface area contributed by atoms with E-state index in [0.29, 0.717) is 5.75 Å². The number of hydrogen-bond donors (Lipinski definition) is 1. The molecule has 4 heteroatoms. The van der Waals surface area contributed by atoms with E-state index in [2.05, 4.69) is 4.98 Å². The number of hydrogen-bond acceptors (Lipinski definition) is 4. The van der Waals surface area contributed by atoms with Gasteiger partial charge in [0.2, 0.25) is 6.79 Å². The Kier molecular flexibility index (Phi) is 2.42. The highest BCUT2D eigenvalue weighted by molar-refractivity contribution is 5.46. The van der Waals surface area contributed by atoms with Crippen molar-refractivity contribution in [1.29, 1.82) is 0 Å². The van der Waals surface area contributed by atoms with Crippen LogP contribution in [0.25, 0.3) is 0 Å². The van der Waals surface area contributed by atoms with Crippen LogP contribution in [0, 0.1) is 0 Å². The number of fused-ring (bicyclic) bond motifs is 1. The normalized spacial score (nSPS) is 14.6. The molecule has 1 aromatic heterocycles. The molecule has 0 unspecified atom stereocenters. The standard InChI is InChI=1S/C13H11NO3/c15-13(9-3-5-14-6-4-9)10-1-2-11-12(7-10)17-8-16-11/h1-7,13,15H,8H2/t13-/m0/s1. The molecule has 1 aliphatic rings. The van der Waals surface area contributed by atoms with E-state index in [1.807, 2.05) is 12.1 Å². The van der Waals surface area contributed by atoms with Gasteiger partial charge in [0.15, 0.2) is 11.5 Å². The summed E-state index contributed by atoms with van der Waals surface area (Å²) in [6, 6.07) is 9.01. The van der Waals surface area contributed by atoms with Gasteiger partial charge < -0.3 is 14.6 Å². The first-order valence-corrected chi connectivity index (χ1v) is 5.32. The van der Waals surface area contributed by atoms with E-state index in [1.165, 1.54) is 0 Å². The zero-order chi connectivity index (χ0) is 11.7. The predicted molar refractivity (Wildman–Crippen MR) is 60.9 cm³/mol. The molecule has 0 fully saturated rings. The maximum atomic E-state index is 10.2. The molecule has 1 aromatic carbocycles. The quantitative estimate of drug-likeness (QED) is 0.854. The van der Waals surface area contributed by atoms with Crippen molar-refractivity contribution in [1.82, 2.24) is 4.98 Å². The number of ether oxygens (including phenoxy) is 2. The summed E-state index contributed by atoms with van der Waals surface area (Å²) in [6.45, 7) is 0.240. The van der Waals surface area contributed by atoms with Crippen LogP contribution in [0.1, 0.15) is 17.2 Å². The zero-order valence-corrected chi connectivity index (χ0v) is 9.04. The highest BCUT2D eigenvalue weighted by atomic mass is 16.7. The highest BCUT2D eigenvalue weighted by Gasteiger charge is 2.17. The Morgan fingerprint density at radius 1 is 1.00 bits per heavy atom. The molecule has 0 bridgehead atoms. The van der Waals surface area contributed by atoms with Crippen LogP contribution in [0.5, 0.6) is 11.5 Å². The Bertz CT molecular complexity index is 527. The first kappa shape index (κ1) is 10.1. The molecule has 4 nitrogen and oxygen atoms in total. The first-order chi connectivity index (χ1) is 8.34. The predicted octanol–water partition coefficient (Wildman–Crippen LogP) is 1.89. The van der Waals surface area contributed by atoms with E-state index in [4.69, 9.17) is 9.47 Å². The maximum absolute atomic E-state index is 10.2. The van der Waals surface area contributed by atoms with Crippen LogP contribution in [0.15, 0.2) is 42.7 Å². The van der Waals surface area contributed by atoms with E-state index >= 15 is 0 Å². The van der Waals surface area contributed by atoms with Crippen LogP contribution >= 0.6 is 0 Å². The molecule has 86 valence electrons. The zero-order valence-electron chi connectivity index (χ0n) is 9.04. The van der Waals surface area contributed by atoms with Crippen LogP contribution < -0.4 is 9.47 Å². The van der Waals surface area contributed by atoms with Gasteiger partial charge in [0.05, 0.1) is 0 Å². The van der Waals surface area contributed by atoms with Gasteiger partial charge in [-0.3, -0.25) is 4.98 Å². The lowest BCUT2D eigenvalue weighted by molar-refractivity contribution is 0.173. The van der Waals surface area contributed by atoms with Crippen molar-refractivity contribution in [3.8, 4) is 11.5 Å². The van der Waals surface area contributed by atoms with Crippen molar-refractivity contribution in [3.63, 3.8) is 0 Å². The molecule has 0 radical (unpaired) electrons. The third kappa shape index (κ3) is 1.83. The SMILES string of the molecule is O[C@@H](c1ccncc1)c1ccc2c(c1)OCO2. The Labute approximate surface area is 98.5 Å². The monoisotopic (exact) mass is 229 g/mol. The fourth-order valence-corrected chi connectivity index (χ4v) is 1.82. The first-order valence-electron chi connectivity index (χ1n) is 5.32. The van der Waals surface area contributed by atoms with Crippen molar-refractivity contribution >= 4 is 0 Å². The number of aliphatic hydroxyl groups excluding tert-OH is 1. The molecule has 1 N–H and O–H groups in total. The molecule has 0 amide bonds. The van der Waals surface area contributed by atoms with E-state index in [0.717, 1.165) is 16.9 Å². The summed E-state index contributed by atoms with van der Waals surface area (Å²) < 4.78 is 10.5. The minimum absolute atomic E-state index is 0.240. The topological polar surface area (TPSA) is 51.6 Å². The second-order valence-electron chi connectivity index (χ2n) is 3.80. The van der Waals surface area contributed by atoms with E-state index < -0.39 is 6.10 Å². The number of nitrogens with zero attached hydrogens (tertiary/aromatic N) is 1. The molecule has 0 saturated heterocycles. The van der Waals surface area contributed by atoms with Crippen molar-refractivity contribution in [3.05, 3.63) is 53.9 Å². The third-order valence-corrected chi connectivity index (χ3v) is 2.73. The number of aromatic nitrogens is 1. The van der Waals surface area contributed by atoms with Gasteiger partial charge in [-0.25, -0.2) is 0 Å². The van der Waals surface area contributed by atoms with E-state index in [-0.39, 0.29) is 6.79 Å². The number of pyridine rings is 1. The average molecular weight is 229 g/mol. The lowest BCUT2D eigenvalue weighted by Gasteiger charge is -2.11. The second kappa shape index (κ2) is 4.07. The van der Waals surface area contributed by atoms with Crippen LogP contribution in [0.4, 0.5) is 0 Å². The van der Waals surface area contributed by atoms with Gasteiger partial charge in [0.25, 0.3) is 0 Å². The third-order valence-electron chi connectivity index (χ3n) is 2.73. The van der Waals surface area contributed by atoms with Crippen molar-refractivity contribution < 1.29 is 14.6 Å². The smallest absolute Gasteiger partial charge is 0.231 e. The van der Waals surface area contributed by atoms with Gasteiger partial charge in [-0.1, -0.05) is 6.07 Å². The number of benzene rings is 1. The Morgan fingerprint density at radius 3 is 2.59 bits per heavy atom. The van der Waals surface area contributed by atoms with E-state index in [9.17, 15) is 5.11 Å². The second-order valence-corrected chi connectivity index (χ2v) is 3.80. The summed E-state index contributed by atoms with van der Waals surface area (Å²) >= 11 is 0. The molecular formula is C13H11NO3. The Hall–Kier alpha value is -2.07. The molecule has 0 saturated carbocycles. The molecule has 0 spiro atoms. The summed E-state index contributed by atoms with van der Waals surface area (Å²) in [6.07, 6.45) is 2.64. The van der Waals surface area contributed by atoms with Crippen LogP contribution in [0.3, 0.4) is 0 Å². The van der Waals surface area contributed by atoms with Crippen LogP contribution in [-0.2, 0) is 0 Å². The Morgan fingerprint density at radius 2 is 1.76 bits per heavy atom. The molecular weight excluding hydrogens is 218 g/mol. The number of rotatable bonds is 2. The molecule has 17 heavy (non-hydrogen) atoms. The van der Waals surface area contributed by atoms with Gasteiger partial charge in [-0.2, -0.15) is 0 Å². The molecule has 0 aliphatic carbocycles. The fraction of sp³-hybridized carbons (Fsp3) is 0.154. The summed E-state index contributed by atoms with van der Waals surface area (Å²) in [5.74, 6) is 1.39. The Balaban J connectivity index is 1.94. The van der Waals surface area contributed by atoms with Gasteiger partial charge >= 0.3 is 0 Å². The summed E-state index contributed by atoms with van der Waals surface area (Å²) in [5.41, 5.74) is 1.58. The molecule has 3 rings (SSSR count). The van der Waals surface area contributed by atoms with Crippen LogP contribution in [-0.4, -0.2) is 16.9 Å². The summed E-state index contributed by atoms with van der Waals surface area (Å²) in [5, 5.41) is 10.2. The molecule has 1 atom stereocenters. The van der Waals surface area contributed by atoms with Crippen molar-refractivity contribution in [2.75, 3.05) is 6.79 Å². The number of aliphatic hydroxyl groups is 1.